The Morgan fingerprint density at radius 2 is 1.35 bits per heavy atom. The van der Waals surface area contributed by atoms with Crippen molar-refractivity contribution in [1.29, 1.82) is 0 Å². The molecule has 0 heterocycles. The van der Waals surface area contributed by atoms with E-state index >= 15 is 0 Å². The molecule has 0 aliphatic rings. The molecular formula is C17H14O6. The standard InChI is InChI=1S/C17H14O6/c1-12-2-6-14(7-3-12)16(19)22-23-17(20)15-8-4-13(5-9-15)10-21-11-18/h2-9,11H,10H2,1H3. The summed E-state index contributed by atoms with van der Waals surface area (Å²) in [6, 6.07) is 12.8. The summed E-state index contributed by atoms with van der Waals surface area (Å²) in [4.78, 5) is 42.6. The summed E-state index contributed by atoms with van der Waals surface area (Å²) in [5, 5.41) is 0. The fourth-order valence-electron chi connectivity index (χ4n) is 1.73. The molecule has 23 heavy (non-hydrogen) atoms. The molecule has 2 aromatic carbocycles. The predicted molar refractivity (Wildman–Crippen MR) is 79.3 cm³/mol. The van der Waals surface area contributed by atoms with Crippen LogP contribution in [0.5, 0.6) is 0 Å². The average molecular weight is 314 g/mol. The van der Waals surface area contributed by atoms with Crippen LogP contribution in [-0.2, 0) is 25.9 Å². The van der Waals surface area contributed by atoms with E-state index in [1.165, 1.54) is 12.1 Å². The van der Waals surface area contributed by atoms with Gasteiger partial charge in [-0.3, -0.25) is 4.79 Å². The van der Waals surface area contributed by atoms with E-state index in [1.54, 1.807) is 36.4 Å². The molecule has 0 amide bonds. The highest BCUT2D eigenvalue weighted by Gasteiger charge is 2.14. The maximum Gasteiger partial charge on any atom is 0.386 e. The Hall–Kier alpha value is -3.15. The Morgan fingerprint density at radius 3 is 1.83 bits per heavy atom. The van der Waals surface area contributed by atoms with E-state index < -0.39 is 11.9 Å². The molecule has 0 unspecified atom stereocenters. The minimum absolute atomic E-state index is 0.112. The van der Waals surface area contributed by atoms with Gasteiger partial charge in [-0.2, -0.15) is 0 Å². The molecule has 0 bridgehead atoms. The second-order valence-corrected chi connectivity index (χ2v) is 4.71. The summed E-state index contributed by atoms with van der Waals surface area (Å²) in [6.07, 6.45) is 0. The third-order valence-corrected chi connectivity index (χ3v) is 2.99. The number of carbonyl (C=O) groups is 3. The molecule has 0 saturated carbocycles. The monoisotopic (exact) mass is 314 g/mol. The topological polar surface area (TPSA) is 78.9 Å². The lowest BCUT2D eigenvalue weighted by atomic mass is 10.1. The maximum absolute atomic E-state index is 11.8. The van der Waals surface area contributed by atoms with Crippen molar-refractivity contribution in [2.45, 2.75) is 13.5 Å². The van der Waals surface area contributed by atoms with Gasteiger partial charge >= 0.3 is 11.9 Å². The first-order valence-electron chi connectivity index (χ1n) is 6.74. The zero-order valence-corrected chi connectivity index (χ0v) is 12.4. The van der Waals surface area contributed by atoms with Crippen molar-refractivity contribution in [3.05, 3.63) is 70.8 Å². The van der Waals surface area contributed by atoms with Crippen molar-refractivity contribution in [3.8, 4) is 0 Å². The number of ether oxygens (including phenoxy) is 1. The van der Waals surface area contributed by atoms with E-state index in [4.69, 9.17) is 0 Å². The molecule has 6 nitrogen and oxygen atoms in total. The molecule has 6 heteroatoms. The quantitative estimate of drug-likeness (QED) is 0.479. The Balaban J connectivity index is 1.90. The first kappa shape index (κ1) is 16.2. The van der Waals surface area contributed by atoms with Gasteiger partial charge in [0.05, 0.1) is 11.1 Å². The van der Waals surface area contributed by atoms with Gasteiger partial charge in [0.15, 0.2) is 0 Å². The smallest absolute Gasteiger partial charge is 0.386 e. The molecule has 0 radical (unpaired) electrons. The molecule has 0 aliphatic heterocycles. The van der Waals surface area contributed by atoms with Crippen LogP contribution in [0, 0.1) is 6.92 Å². The Bertz CT molecular complexity index is 688. The third kappa shape index (κ3) is 4.67. The molecular weight excluding hydrogens is 300 g/mol. The first-order valence-corrected chi connectivity index (χ1v) is 6.74. The van der Waals surface area contributed by atoms with Gasteiger partial charge in [-0.15, -0.1) is 0 Å². The maximum atomic E-state index is 11.8. The number of benzene rings is 2. The number of rotatable bonds is 5. The second-order valence-electron chi connectivity index (χ2n) is 4.71. The van der Waals surface area contributed by atoms with Crippen molar-refractivity contribution >= 4 is 18.4 Å². The van der Waals surface area contributed by atoms with Crippen molar-refractivity contribution in [2.24, 2.45) is 0 Å². The molecule has 0 N–H and O–H groups in total. The third-order valence-electron chi connectivity index (χ3n) is 2.99. The Labute approximate surface area is 132 Å². The van der Waals surface area contributed by atoms with Crippen LogP contribution in [0.15, 0.2) is 48.5 Å². The number of aryl methyl sites for hydroxylation is 1. The van der Waals surface area contributed by atoms with Gasteiger partial charge in [-0.25, -0.2) is 19.4 Å². The summed E-state index contributed by atoms with van der Waals surface area (Å²) >= 11 is 0. The molecule has 0 aromatic heterocycles. The zero-order chi connectivity index (χ0) is 16.7. The minimum Gasteiger partial charge on any atom is -0.463 e. The van der Waals surface area contributed by atoms with Crippen LogP contribution in [-0.4, -0.2) is 18.4 Å². The lowest BCUT2D eigenvalue weighted by Gasteiger charge is -2.04. The number of hydrogen-bond donors (Lipinski definition) is 0. The van der Waals surface area contributed by atoms with Crippen LogP contribution in [0.2, 0.25) is 0 Å². The predicted octanol–water partition coefficient (Wildman–Crippen LogP) is 2.60. The minimum atomic E-state index is -0.798. The molecule has 0 spiro atoms. The molecule has 118 valence electrons. The molecule has 0 fully saturated rings. The second kappa shape index (κ2) is 7.74. The summed E-state index contributed by atoms with van der Waals surface area (Å²) < 4.78 is 4.59. The van der Waals surface area contributed by atoms with Crippen LogP contribution in [0.4, 0.5) is 0 Å². The number of hydrogen-bond acceptors (Lipinski definition) is 6. The number of carbonyl (C=O) groups excluding carboxylic acids is 3. The SMILES string of the molecule is Cc1ccc(C(=O)OOC(=O)c2ccc(COC=O)cc2)cc1. The summed E-state index contributed by atoms with van der Waals surface area (Å²) in [6.45, 7) is 2.34. The molecule has 0 aliphatic carbocycles. The normalized spacial score (nSPS) is 9.78. The highest BCUT2D eigenvalue weighted by molar-refractivity contribution is 5.92. The van der Waals surface area contributed by atoms with Crippen LogP contribution >= 0.6 is 0 Å². The van der Waals surface area contributed by atoms with Crippen LogP contribution in [0.3, 0.4) is 0 Å². The lowest BCUT2D eigenvalue weighted by Crippen LogP contribution is -2.11. The summed E-state index contributed by atoms with van der Waals surface area (Å²) in [5.41, 5.74) is 2.20. The van der Waals surface area contributed by atoms with Crippen LogP contribution < -0.4 is 0 Å². The van der Waals surface area contributed by atoms with Crippen molar-refractivity contribution in [3.63, 3.8) is 0 Å². The van der Waals surface area contributed by atoms with Gasteiger partial charge < -0.3 is 4.74 Å². The van der Waals surface area contributed by atoms with Gasteiger partial charge in [-0.1, -0.05) is 29.8 Å². The van der Waals surface area contributed by atoms with Crippen LogP contribution in [0.25, 0.3) is 0 Å². The van der Waals surface area contributed by atoms with Gasteiger partial charge in [-0.05, 0) is 36.8 Å². The molecule has 0 atom stereocenters. The molecule has 2 rings (SSSR count). The van der Waals surface area contributed by atoms with Crippen molar-refractivity contribution < 1.29 is 28.9 Å². The van der Waals surface area contributed by atoms with Gasteiger partial charge in [0, 0.05) is 0 Å². The molecule has 2 aromatic rings. The van der Waals surface area contributed by atoms with Gasteiger partial charge in [0.25, 0.3) is 6.47 Å². The van der Waals surface area contributed by atoms with Gasteiger partial charge in [0.2, 0.25) is 0 Å². The van der Waals surface area contributed by atoms with Crippen molar-refractivity contribution in [2.75, 3.05) is 0 Å². The van der Waals surface area contributed by atoms with E-state index in [2.05, 4.69) is 14.5 Å². The Morgan fingerprint density at radius 1 is 0.870 bits per heavy atom. The van der Waals surface area contributed by atoms with E-state index in [-0.39, 0.29) is 17.7 Å². The van der Waals surface area contributed by atoms with E-state index in [0.717, 1.165) is 5.56 Å². The summed E-state index contributed by atoms with van der Waals surface area (Å²) in [7, 11) is 0. The Kier molecular flexibility index (Phi) is 5.46. The summed E-state index contributed by atoms with van der Waals surface area (Å²) in [5.74, 6) is -1.55. The van der Waals surface area contributed by atoms with E-state index in [0.29, 0.717) is 12.0 Å². The average Bonchev–Trinajstić information content (AvgIpc) is 2.58. The van der Waals surface area contributed by atoms with Crippen molar-refractivity contribution in [1.82, 2.24) is 0 Å². The highest BCUT2D eigenvalue weighted by atomic mass is 17.2. The zero-order valence-electron chi connectivity index (χ0n) is 12.4. The van der Waals surface area contributed by atoms with E-state index in [9.17, 15) is 14.4 Å². The van der Waals surface area contributed by atoms with E-state index in [1.807, 2.05) is 6.92 Å². The fraction of sp³-hybridized carbons (Fsp3) is 0.118. The largest absolute Gasteiger partial charge is 0.463 e. The lowest BCUT2D eigenvalue weighted by molar-refractivity contribution is -0.187. The molecule has 0 saturated heterocycles. The van der Waals surface area contributed by atoms with Gasteiger partial charge in [0.1, 0.15) is 6.61 Å². The van der Waals surface area contributed by atoms with Crippen LogP contribution in [0.1, 0.15) is 31.8 Å². The first-order chi connectivity index (χ1) is 11.1. The highest BCUT2D eigenvalue weighted by Crippen LogP contribution is 2.09. The fourth-order valence-corrected chi connectivity index (χ4v) is 1.73.